The number of sulfonamides is 1. The van der Waals surface area contributed by atoms with E-state index in [0.29, 0.717) is 12.1 Å². The molecule has 0 unspecified atom stereocenters. The molecule has 1 saturated heterocycles. The van der Waals surface area contributed by atoms with E-state index in [-0.39, 0.29) is 22.9 Å². The van der Waals surface area contributed by atoms with Crippen LogP contribution in [0.5, 0.6) is 0 Å². The van der Waals surface area contributed by atoms with Crippen molar-refractivity contribution in [3.63, 3.8) is 0 Å². The summed E-state index contributed by atoms with van der Waals surface area (Å²) in [6, 6.07) is 6.59. The Labute approximate surface area is 156 Å². The highest BCUT2D eigenvalue weighted by Gasteiger charge is 2.24. The molecule has 26 heavy (non-hydrogen) atoms. The van der Waals surface area contributed by atoms with Crippen LogP contribution in [-0.2, 0) is 10.0 Å². The number of amides is 1. The number of carbonyl (C=O) groups excluding carboxylic acids is 1. The van der Waals surface area contributed by atoms with Crippen molar-refractivity contribution >= 4 is 15.9 Å². The molecule has 1 amide bonds. The number of likely N-dealkylation sites (tertiary alicyclic amines) is 1. The van der Waals surface area contributed by atoms with Crippen molar-refractivity contribution in [1.82, 2.24) is 14.9 Å². The lowest BCUT2D eigenvalue weighted by Gasteiger charge is -2.23. The van der Waals surface area contributed by atoms with E-state index in [1.165, 1.54) is 18.9 Å². The highest BCUT2D eigenvalue weighted by atomic mass is 32.2. The standard InChI is InChI=1S/C19H29N3O3S/c1-15(22-11-4-5-12-22)14-20-19(23)16-7-6-10-18(13-16)26(24,25)21-17-8-2-3-9-17/h6-7,10,13,15,17,21H,2-5,8-9,11-12,14H2,1H3,(H,20,23)/t15-/m0/s1. The zero-order chi connectivity index (χ0) is 18.6. The van der Waals surface area contributed by atoms with Crippen LogP contribution in [0.4, 0.5) is 0 Å². The SMILES string of the molecule is C[C@@H](CNC(=O)c1cccc(S(=O)(=O)NC2CCCC2)c1)N1CCCC1. The van der Waals surface area contributed by atoms with Gasteiger partial charge in [-0.1, -0.05) is 18.9 Å². The van der Waals surface area contributed by atoms with Gasteiger partial charge < -0.3 is 5.32 Å². The molecular weight excluding hydrogens is 350 g/mol. The Morgan fingerprint density at radius 3 is 2.58 bits per heavy atom. The van der Waals surface area contributed by atoms with Crippen molar-refractivity contribution in [2.75, 3.05) is 19.6 Å². The van der Waals surface area contributed by atoms with E-state index in [2.05, 4.69) is 21.9 Å². The normalized spacial score (nSPS) is 20.3. The van der Waals surface area contributed by atoms with Gasteiger partial charge in [0.15, 0.2) is 0 Å². The van der Waals surface area contributed by atoms with Gasteiger partial charge in [-0.25, -0.2) is 13.1 Å². The van der Waals surface area contributed by atoms with Gasteiger partial charge >= 0.3 is 0 Å². The van der Waals surface area contributed by atoms with Gasteiger partial charge in [-0.05, 0) is 63.9 Å². The monoisotopic (exact) mass is 379 g/mol. The summed E-state index contributed by atoms with van der Waals surface area (Å²) in [6.45, 7) is 4.84. The summed E-state index contributed by atoms with van der Waals surface area (Å²) in [7, 11) is -3.58. The molecule has 1 atom stereocenters. The topological polar surface area (TPSA) is 78.5 Å². The lowest BCUT2D eigenvalue weighted by molar-refractivity contribution is 0.0940. The third-order valence-electron chi connectivity index (χ3n) is 5.41. The van der Waals surface area contributed by atoms with E-state index in [9.17, 15) is 13.2 Å². The fraction of sp³-hybridized carbons (Fsp3) is 0.632. The lowest BCUT2D eigenvalue weighted by atomic mass is 10.2. The van der Waals surface area contributed by atoms with E-state index < -0.39 is 10.0 Å². The van der Waals surface area contributed by atoms with Crippen molar-refractivity contribution in [2.45, 2.75) is 62.4 Å². The Hall–Kier alpha value is -1.44. The maximum Gasteiger partial charge on any atom is 0.251 e. The predicted molar refractivity (Wildman–Crippen MR) is 102 cm³/mol. The van der Waals surface area contributed by atoms with Gasteiger partial charge in [0.05, 0.1) is 4.90 Å². The highest BCUT2D eigenvalue weighted by Crippen LogP contribution is 2.21. The smallest absolute Gasteiger partial charge is 0.251 e. The Morgan fingerprint density at radius 2 is 1.88 bits per heavy atom. The van der Waals surface area contributed by atoms with Crippen LogP contribution in [0.1, 0.15) is 55.8 Å². The van der Waals surface area contributed by atoms with Gasteiger partial charge in [-0.3, -0.25) is 9.69 Å². The number of hydrogen-bond donors (Lipinski definition) is 2. The van der Waals surface area contributed by atoms with E-state index in [4.69, 9.17) is 0 Å². The van der Waals surface area contributed by atoms with Crippen molar-refractivity contribution in [2.24, 2.45) is 0 Å². The molecule has 1 aromatic carbocycles. The molecule has 6 nitrogen and oxygen atoms in total. The second-order valence-electron chi connectivity index (χ2n) is 7.43. The number of rotatable bonds is 7. The molecule has 2 N–H and O–H groups in total. The minimum Gasteiger partial charge on any atom is -0.350 e. The number of hydrogen-bond acceptors (Lipinski definition) is 4. The molecule has 2 fully saturated rings. The first-order chi connectivity index (χ1) is 12.5. The number of nitrogens with one attached hydrogen (secondary N) is 2. The van der Waals surface area contributed by atoms with Gasteiger partial charge in [0.25, 0.3) is 5.91 Å². The number of benzene rings is 1. The second kappa shape index (κ2) is 8.50. The van der Waals surface area contributed by atoms with Crippen LogP contribution in [0.3, 0.4) is 0 Å². The maximum atomic E-state index is 12.6. The van der Waals surface area contributed by atoms with Gasteiger partial charge in [0, 0.05) is 24.2 Å². The Bertz CT molecular complexity index is 723. The zero-order valence-corrected chi connectivity index (χ0v) is 16.2. The summed E-state index contributed by atoms with van der Waals surface area (Å²) in [5.41, 5.74) is 0.382. The molecule has 7 heteroatoms. The predicted octanol–water partition coefficient (Wildman–Crippen LogP) is 2.12. The molecule has 1 aliphatic heterocycles. The fourth-order valence-electron chi connectivity index (χ4n) is 3.79. The van der Waals surface area contributed by atoms with E-state index in [1.807, 2.05) is 0 Å². The first-order valence-electron chi connectivity index (χ1n) is 9.60. The van der Waals surface area contributed by atoms with E-state index in [0.717, 1.165) is 38.8 Å². The Kier molecular flexibility index (Phi) is 6.32. The molecule has 0 spiro atoms. The summed E-state index contributed by atoms with van der Waals surface area (Å²) in [6.07, 6.45) is 6.32. The molecular formula is C19H29N3O3S. The first-order valence-corrected chi connectivity index (χ1v) is 11.1. The van der Waals surface area contributed by atoms with Crippen LogP contribution in [0.25, 0.3) is 0 Å². The Balaban J connectivity index is 1.61. The second-order valence-corrected chi connectivity index (χ2v) is 9.15. The number of carbonyl (C=O) groups is 1. The Morgan fingerprint density at radius 1 is 1.19 bits per heavy atom. The van der Waals surface area contributed by atoms with E-state index in [1.54, 1.807) is 18.2 Å². The summed E-state index contributed by atoms with van der Waals surface area (Å²) in [5, 5.41) is 2.93. The van der Waals surface area contributed by atoms with Crippen LogP contribution in [0.15, 0.2) is 29.2 Å². The van der Waals surface area contributed by atoms with Crippen LogP contribution in [0.2, 0.25) is 0 Å². The van der Waals surface area contributed by atoms with Gasteiger partial charge in [-0.15, -0.1) is 0 Å². The lowest BCUT2D eigenvalue weighted by Crippen LogP contribution is -2.40. The van der Waals surface area contributed by atoms with Gasteiger partial charge in [-0.2, -0.15) is 0 Å². The first kappa shape index (κ1) is 19.3. The molecule has 0 bridgehead atoms. The van der Waals surface area contributed by atoms with Crippen LogP contribution in [0, 0.1) is 0 Å². The average molecular weight is 380 g/mol. The highest BCUT2D eigenvalue weighted by molar-refractivity contribution is 7.89. The van der Waals surface area contributed by atoms with Crippen molar-refractivity contribution < 1.29 is 13.2 Å². The van der Waals surface area contributed by atoms with Crippen molar-refractivity contribution in [3.8, 4) is 0 Å². The van der Waals surface area contributed by atoms with E-state index >= 15 is 0 Å². The molecule has 1 heterocycles. The quantitative estimate of drug-likeness (QED) is 0.761. The van der Waals surface area contributed by atoms with Crippen molar-refractivity contribution in [1.29, 1.82) is 0 Å². The molecule has 1 aliphatic carbocycles. The van der Waals surface area contributed by atoms with Gasteiger partial charge in [0.2, 0.25) is 10.0 Å². The van der Waals surface area contributed by atoms with Crippen LogP contribution < -0.4 is 10.0 Å². The number of nitrogens with zero attached hydrogens (tertiary/aromatic N) is 1. The fourth-order valence-corrected chi connectivity index (χ4v) is 5.14. The molecule has 2 aliphatic rings. The summed E-state index contributed by atoms with van der Waals surface area (Å²) < 4.78 is 27.9. The van der Waals surface area contributed by atoms with Crippen LogP contribution in [-0.4, -0.2) is 50.9 Å². The molecule has 1 saturated carbocycles. The summed E-state index contributed by atoms with van der Waals surface area (Å²) in [5.74, 6) is -0.228. The minimum atomic E-state index is -3.58. The molecule has 0 aromatic heterocycles. The average Bonchev–Trinajstić information content (AvgIpc) is 3.33. The molecule has 0 radical (unpaired) electrons. The van der Waals surface area contributed by atoms with Gasteiger partial charge in [0.1, 0.15) is 0 Å². The zero-order valence-electron chi connectivity index (χ0n) is 15.4. The van der Waals surface area contributed by atoms with Crippen LogP contribution >= 0.6 is 0 Å². The largest absolute Gasteiger partial charge is 0.350 e. The molecule has 3 rings (SSSR count). The van der Waals surface area contributed by atoms with Crippen molar-refractivity contribution in [3.05, 3.63) is 29.8 Å². The molecule has 144 valence electrons. The third-order valence-corrected chi connectivity index (χ3v) is 6.92. The minimum absolute atomic E-state index is 0.0128. The summed E-state index contributed by atoms with van der Waals surface area (Å²) in [4.78, 5) is 15.0. The third kappa shape index (κ3) is 4.84. The molecule has 1 aromatic rings. The maximum absolute atomic E-state index is 12.6. The summed E-state index contributed by atoms with van der Waals surface area (Å²) >= 11 is 0.